The number of fused-ring (bicyclic) bond motifs is 3. The van der Waals surface area contributed by atoms with E-state index in [0.717, 1.165) is 23.7 Å². The number of aromatic nitrogens is 2. The minimum Gasteiger partial charge on any atom is -0.357 e. The largest absolute Gasteiger partial charge is 0.357 e. The van der Waals surface area contributed by atoms with Gasteiger partial charge in [0.2, 0.25) is 10.0 Å². The molecule has 1 aliphatic heterocycles. The fourth-order valence-corrected chi connectivity index (χ4v) is 5.32. The van der Waals surface area contributed by atoms with Crippen molar-refractivity contribution in [1.29, 1.82) is 0 Å². The van der Waals surface area contributed by atoms with Gasteiger partial charge in [0.15, 0.2) is 0 Å². The van der Waals surface area contributed by atoms with Crippen LogP contribution in [0.25, 0.3) is 21.8 Å². The number of H-pyrrole nitrogens is 2. The van der Waals surface area contributed by atoms with Gasteiger partial charge in [-0.1, -0.05) is 6.92 Å². The number of nitrogens with one attached hydrogen (secondary N) is 3. The number of hydrogen-bond donors (Lipinski definition) is 3. The van der Waals surface area contributed by atoms with Gasteiger partial charge in [-0.15, -0.1) is 0 Å². The lowest BCUT2D eigenvalue weighted by molar-refractivity contribution is 0.349. The molecule has 0 amide bonds. The van der Waals surface area contributed by atoms with Crippen LogP contribution in [0.4, 0.5) is 0 Å². The quantitative estimate of drug-likeness (QED) is 0.655. The van der Waals surface area contributed by atoms with E-state index in [2.05, 4.69) is 15.3 Å². The van der Waals surface area contributed by atoms with Gasteiger partial charge in [0.25, 0.3) is 5.56 Å². The molecule has 8 heteroatoms. The van der Waals surface area contributed by atoms with Crippen LogP contribution in [0, 0.1) is 0 Å². The second-order valence-corrected chi connectivity index (χ2v) is 8.17. The topological polar surface area (TPSA) is 98.1 Å². The van der Waals surface area contributed by atoms with Gasteiger partial charge in [-0.2, -0.15) is 4.31 Å². The molecule has 0 radical (unpaired) electrons. The van der Waals surface area contributed by atoms with E-state index in [1.165, 1.54) is 0 Å². The van der Waals surface area contributed by atoms with Crippen LogP contribution in [-0.2, 0) is 10.0 Å². The van der Waals surface area contributed by atoms with Crippen LogP contribution in [0.1, 0.15) is 13.3 Å². The molecule has 3 aromatic rings. The van der Waals surface area contributed by atoms with Crippen molar-refractivity contribution in [1.82, 2.24) is 19.6 Å². The Hall–Kier alpha value is -2.16. The predicted molar refractivity (Wildman–Crippen MR) is 97.3 cm³/mol. The third-order valence-corrected chi connectivity index (χ3v) is 6.89. The number of pyridine rings is 1. The fraction of sp³-hybridized carbons (Fsp3) is 0.353. The summed E-state index contributed by atoms with van der Waals surface area (Å²) in [6.45, 7) is 3.80. The Morgan fingerprint density at radius 2 is 2.08 bits per heavy atom. The molecule has 1 saturated heterocycles. The molecule has 132 valence electrons. The minimum absolute atomic E-state index is 0.0199. The Kier molecular flexibility index (Phi) is 3.90. The highest BCUT2D eigenvalue weighted by atomic mass is 32.2. The fourth-order valence-electron chi connectivity index (χ4n) is 3.63. The number of rotatable bonds is 4. The maximum Gasteiger partial charge on any atom is 0.272 e. The van der Waals surface area contributed by atoms with Crippen LogP contribution in [0.15, 0.2) is 40.2 Å². The highest BCUT2D eigenvalue weighted by molar-refractivity contribution is 7.89. The molecule has 4 rings (SSSR count). The Morgan fingerprint density at radius 1 is 1.24 bits per heavy atom. The van der Waals surface area contributed by atoms with Gasteiger partial charge in [0.05, 0.1) is 4.90 Å². The van der Waals surface area contributed by atoms with Crippen molar-refractivity contribution in [3.8, 4) is 0 Å². The molecule has 3 N–H and O–H groups in total. The van der Waals surface area contributed by atoms with Crippen LogP contribution >= 0.6 is 0 Å². The molecular weight excluding hydrogens is 340 g/mol. The average Bonchev–Trinajstić information content (AvgIpc) is 3.27. The molecule has 0 saturated carbocycles. The highest BCUT2D eigenvalue weighted by Crippen LogP contribution is 2.27. The average molecular weight is 360 g/mol. The van der Waals surface area contributed by atoms with E-state index in [9.17, 15) is 13.2 Å². The van der Waals surface area contributed by atoms with E-state index >= 15 is 0 Å². The van der Waals surface area contributed by atoms with Crippen molar-refractivity contribution in [2.75, 3.05) is 19.6 Å². The summed E-state index contributed by atoms with van der Waals surface area (Å²) < 4.78 is 27.9. The van der Waals surface area contributed by atoms with E-state index in [0.29, 0.717) is 24.1 Å². The number of nitrogens with zero attached hydrogens (tertiary/aromatic N) is 1. The minimum atomic E-state index is -3.60. The van der Waals surface area contributed by atoms with E-state index < -0.39 is 10.0 Å². The zero-order valence-corrected chi connectivity index (χ0v) is 14.7. The molecule has 1 atom stereocenters. The van der Waals surface area contributed by atoms with Crippen LogP contribution in [0.3, 0.4) is 0 Å². The Morgan fingerprint density at radius 3 is 2.80 bits per heavy atom. The standard InChI is InChI=1S/C17H20N4O3S/c1-2-21(11-5-7-18-10-11)25(23,24)12-3-4-15-14(9-12)13-6-8-19-16(13)17(22)20-15/h3-4,6,8-9,11,18-19H,2,5,7,10H2,1H3,(H,20,22)/t11-/m0/s1. The number of hydrogen-bond acceptors (Lipinski definition) is 4. The lowest BCUT2D eigenvalue weighted by Gasteiger charge is -2.26. The van der Waals surface area contributed by atoms with Crippen molar-refractivity contribution < 1.29 is 8.42 Å². The summed E-state index contributed by atoms with van der Waals surface area (Å²) >= 11 is 0. The second kappa shape index (κ2) is 5.98. The first kappa shape index (κ1) is 16.3. The van der Waals surface area contributed by atoms with Gasteiger partial charge in [-0.3, -0.25) is 4.79 Å². The smallest absolute Gasteiger partial charge is 0.272 e. The highest BCUT2D eigenvalue weighted by Gasteiger charge is 2.32. The molecule has 0 aliphatic carbocycles. The normalized spacial score (nSPS) is 18.6. The third kappa shape index (κ3) is 2.57. The number of likely N-dealkylation sites (N-methyl/N-ethyl adjacent to an activating group) is 1. The molecule has 7 nitrogen and oxygen atoms in total. The van der Waals surface area contributed by atoms with Crippen LogP contribution in [0.5, 0.6) is 0 Å². The summed E-state index contributed by atoms with van der Waals surface area (Å²) in [7, 11) is -3.60. The summed E-state index contributed by atoms with van der Waals surface area (Å²) in [5, 5.41) is 4.66. The second-order valence-electron chi connectivity index (χ2n) is 6.28. The Bertz CT molecular complexity index is 1090. The van der Waals surface area contributed by atoms with Crippen molar-refractivity contribution in [3.63, 3.8) is 0 Å². The van der Waals surface area contributed by atoms with E-state index in [4.69, 9.17) is 0 Å². The van der Waals surface area contributed by atoms with Gasteiger partial charge in [0.1, 0.15) is 5.52 Å². The molecule has 0 unspecified atom stereocenters. The summed E-state index contributed by atoms with van der Waals surface area (Å²) in [4.78, 5) is 18.0. The van der Waals surface area contributed by atoms with E-state index in [-0.39, 0.29) is 16.5 Å². The molecule has 1 aromatic carbocycles. The lowest BCUT2D eigenvalue weighted by atomic mass is 10.1. The summed E-state index contributed by atoms with van der Waals surface area (Å²) in [5.41, 5.74) is 0.867. The van der Waals surface area contributed by atoms with Crippen LogP contribution in [-0.4, -0.2) is 48.4 Å². The van der Waals surface area contributed by atoms with Crippen molar-refractivity contribution in [3.05, 3.63) is 40.8 Å². The molecule has 3 heterocycles. The zero-order valence-electron chi connectivity index (χ0n) is 13.9. The molecule has 2 aromatic heterocycles. The van der Waals surface area contributed by atoms with Gasteiger partial charge in [-0.25, -0.2) is 8.42 Å². The van der Waals surface area contributed by atoms with Gasteiger partial charge in [-0.05, 0) is 37.2 Å². The maximum absolute atomic E-state index is 13.2. The van der Waals surface area contributed by atoms with E-state index in [1.807, 2.05) is 6.92 Å². The Balaban J connectivity index is 1.88. The third-order valence-electron chi connectivity index (χ3n) is 4.86. The van der Waals surface area contributed by atoms with Crippen molar-refractivity contribution in [2.24, 2.45) is 0 Å². The molecule has 1 aliphatic rings. The lowest BCUT2D eigenvalue weighted by Crippen LogP contribution is -2.41. The number of aromatic amines is 2. The van der Waals surface area contributed by atoms with Gasteiger partial charge < -0.3 is 15.3 Å². The summed E-state index contributed by atoms with van der Waals surface area (Å²) in [6, 6.07) is 6.66. The molecule has 1 fully saturated rings. The zero-order chi connectivity index (χ0) is 17.6. The van der Waals surface area contributed by atoms with Crippen LogP contribution < -0.4 is 10.9 Å². The maximum atomic E-state index is 13.2. The van der Waals surface area contributed by atoms with Gasteiger partial charge in [0, 0.05) is 41.6 Å². The summed E-state index contributed by atoms with van der Waals surface area (Å²) in [5.74, 6) is 0. The molecule has 0 spiro atoms. The summed E-state index contributed by atoms with van der Waals surface area (Å²) in [6.07, 6.45) is 2.50. The SMILES string of the molecule is CCN([C@H]1CCNC1)S(=O)(=O)c1ccc2[nH]c(=O)c3[nH]ccc3c2c1. The number of benzene rings is 1. The van der Waals surface area contributed by atoms with Crippen molar-refractivity contribution >= 4 is 31.8 Å². The van der Waals surface area contributed by atoms with Crippen molar-refractivity contribution in [2.45, 2.75) is 24.3 Å². The molecule has 0 bridgehead atoms. The first-order valence-corrected chi connectivity index (χ1v) is 9.82. The Labute approximate surface area is 145 Å². The number of sulfonamides is 1. The van der Waals surface area contributed by atoms with E-state index in [1.54, 1.807) is 34.8 Å². The first-order valence-electron chi connectivity index (χ1n) is 8.38. The first-order chi connectivity index (χ1) is 12.0. The molecular formula is C17H20N4O3S. The predicted octanol–water partition coefficient (Wildman–Crippen LogP) is 1.38. The van der Waals surface area contributed by atoms with Crippen LogP contribution in [0.2, 0.25) is 0 Å². The molecule has 25 heavy (non-hydrogen) atoms. The van der Waals surface area contributed by atoms with Gasteiger partial charge >= 0.3 is 0 Å². The monoisotopic (exact) mass is 360 g/mol.